The average Bonchev–Trinajstić information content (AvgIpc) is 3.28. The summed E-state index contributed by atoms with van der Waals surface area (Å²) in [4.78, 5) is 11.5. The molecule has 0 spiro atoms. The average molecular weight is 418 g/mol. The van der Waals surface area contributed by atoms with E-state index >= 15 is 0 Å². The van der Waals surface area contributed by atoms with Crippen LogP contribution in [0.5, 0.6) is 17.2 Å². The SMILES string of the molecule is COc1cc2c(cc1CN1CCCC1c1ccc(Nc3ccccn3)cn1)OCCO2. The van der Waals surface area contributed by atoms with Gasteiger partial charge in [0, 0.05) is 24.4 Å². The summed E-state index contributed by atoms with van der Waals surface area (Å²) in [5.41, 5.74) is 3.12. The third-order valence-electron chi connectivity index (χ3n) is 5.75. The highest BCUT2D eigenvalue weighted by molar-refractivity contribution is 5.54. The molecule has 1 unspecified atom stereocenters. The van der Waals surface area contributed by atoms with Gasteiger partial charge in [-0.3, -0.25) is 9.88 Å². The molecule has 1 N–H and O–H groups in total. The standard InChI is InChI=1S/C24H26N4O3/c1-29-21-14-23-22(30-11-12-31-23)13-17(21)16-28-10-4-5-20(28)19-8-7-18(15-26-19)27-24-6-2-3-9-25-24/h2-3,6-9,13-15,20H,4-5,10-12,16H2,1H3,(H,25,27). The molecular weight excluding hydrogens is 392 g/mol. The van der Waals surface area contributed by atoms with Gasteiger partial charge in [-0.2, -0.15) is 0 Å². The van der Waals surface area contributed by atoms with Crippen LogP contribution in [0.2, 0.25) is 0 Å². The van der Waals surface area contributed by atoms with E-state index in [0.29, 0.717) is 13.2 Å². The minimum atomic E-state index is 0.279. The molecule has 0 bridgehead atoms. The molecule has 2 aromatic heterocycles. The van der Waals surface area contributed by atoms with Crippen molar-refractivity contribution in [3.05, 3.63) is 66.1 Å². The van der Waals surface area contributed by atoms with Gasteiger partial charge in [-0.05, 0) is 49.7 Å². The topological polar surface area (TPSA) is 68.7 Å². The third-order valence-corrected chi connectivity index (χ3v) is 5.75. The molecule has 0 amide bonds. The number of benzene rings is 1. The number of ether oxygens (including phenoxy) is 3. The van der Waals surface area contributed by atoms with Crippen LogP contribution in [-0.4, -0.2) is 41.7 Å². The number of pyridine rings is 2. The molecule has 1 fully saturated rings. The van der Waals surface area contributed by atoms with Crippen molar-refractivity contribution in [2.45, 2.75) is 25.4 Å². The summed E-state index contributed by atoms with van der Waals surface area (Å²) in [5, 5.41) is 3.29. The molecule has 0 saturated carbocycles. The van der Waals surface area contributed by atoms with Gasteiger partial charge in [-0.1, -0.05) is 6.07 Å². The van der Waals surface area contributed by atoms with Gasteiger partial charge >= 0.3 is 0 Å². The van der Waals surface area contributed by atoms with E-state index in [2.05, 4.69) is 33.4 Å². The van der Waals surface area contributed by atoms with E-state index in [1.54, 1.807) is 13.3 Å². The lowest BCUT2D eigenvalue weighted by atomic mass is 10.1. The lowest BCUT2D eigenvalue weighted by Crippen LogP contribution is -2.24. The second kappa shape index (κ2) is 8.81. The van der Waals surface area contributed by atoms with Crippen LogP contribution in [0.3, 0.4) is 0 Å². The number of rotatable bonds is 6. The van der Waals surface area contributed by atoms with Crippen LogP contribution >= 0.6 is 0 Å². The van der Waals surface area contributed by atoms with Crippen molar-refractivity contribution in [3.63, 3.8) is 0 Å². The largest absolute Gasteiger partial charge is 0.496 e. The lowest BCUT2D eigenvalue weighted by Gasteiger charge is -2.26. The number of likely N-dealkylation sites (tertiary alicyclic amines) is 1. The van der Waals surface area contributed by atoms with Crippen LogP contribution in [0.1, 0.15) is 30.1 Å². The number of hydrogen-bond acceptors (Lipinski definition) is 7. The van der Waals surface area contributed by atoms with Crippen molar-refractivity contribution in [1.29, 1.82) is 0 Å². The number of hydrogen-bond donors (Lipinski definition) is 1. The van der Waals surface area contributed by atoms with Gasteiger partial charge in [0.05, 0.1) is 30.7 Å². The van der Waals surface area contributed by atoms with Crippen LogP contribution in [0.15, 0.2) is 54.9 Å². The van der Waals surface area contributed by atoms with Gasteiger partial charge < -0.3 is 19.5 Å². The Bertz CT molecular complexity index is 1030. The molecule has 0 radical (unpaired) electrons. The van der Waals surface area contributed by atoms with Gasteiger partial charge in [-0.25, -0.2) is 4.98 Å². The second-order valence-electron chi connectivity index (χ2n) is 7.75. The van der Waals surface area contributed by atoms with Gasteiger partial charge in [0.25, 0.3) is 0 Å². The Morgan fingerprint density at radius 3 is 2.71 bits per heavy atom. The van der Waals surface area contributed by atoms with E-state index < -0.39 is 0 Å². The Labute approximate surface area is 182 Å². The maximum Gasteiger partial charge on any atom is 0.165 e. The fourth-order valence-electron chi connectivity index (χ4n) is 4.26. The first-order chi connectivity index (χ1) is 15.3. The first-order valence-electron chi connectivity index (χ1n) is 10.6. The maximum absolute atomic E-state index is 5.78. The second-order valence-corrected chi connectivity index (χ2v) is 7.75. The highest BCUT2D eigenvalue weighted by atomic mass is 16.6. The summed E-state index contributed by atoms with van der Waals surface area (Å²) >= 11 is 0. The van der Waals surface area contributed by atoms with Gasteiger partial charge in [0.15, 0.2) is 11.5 Å². The minimum absolute atomic E-state index is 0.279. The number of nitrogens with zero attached hydrogens (tertiary/aromatic N) is 3. The predicted molar refractivity (Wildman–Crippen MR) is 118 cm³/mol. The summed E-state index contributed by atoms with van der Waals surface area (Å²) < 4.78 is 17.1. The molecule has 1 aromatic carbocycles. The molecule has 0 aliphatic carbocycles. The van der Waals surface area contributed by atoms with Crippen molar-refractivity contribution in [1.82, 2.24) is 14.9 Å². The zero-order valence-electron chi connectivity index (χ0n) is 17.6. The van der Waals surface area contributed by atoms with E-state index in [4.69, 9.17) is 19.2 Å². The van der Waals surface area contributed by atoms with Crippen LogP contribution < -0.4 is 19.5 Å². The quantitative estimate of drug-likeness (QED) is 0.639. The Balaban J connectivity index is 1.32. The fourth-order valence-corrected chi connectivity index (χ4v) is 4.26. The molecular formula is C24H26N4O3. The zero-order chi connectivity index (χ0) is 21.0. The lowest BCUT2D eigenvalue weighted by molar-refractivity contribution is 0.169. The monoisotopic (exact) mass is 418 g/mol. The van der Waals surface area contributed by atoms with Gasteiger partial charge in [-0.15, -0.1) is 0 Å². The normalized spacial score (nSPS) is 18.0. The van der Waals surface area contributed by atoms with Crippen LogP contribution in [0.25, 0.3) is 0 Å². The van der Waals surface area contributed by atoms with E-state index in [-0.39, 0.29) is 6.04 Å². The minimum Gasteiger partial charge on any atom is -0.496 e. The molecule has 1 atom stereocenters. The van der Waals surface area contributed by atoms with E-state index in [0.717, 1.165) is 65.9 Å². The highest BCUT2D eigenvalue weighted by Gasteiger charge is 2.28. The molecule has 1 saturated heterocycles. The molecule has 5 rings (SSSR count). The summed E-state index contributed by atoms with van der Waals surface area (Å²) in [6.45, 7) is 2.95. The van der Waals surface area contributed by atoms with Crippen molar-refractivity contribution in [3.8, 4) is 17.2 Å². The molecule has 160 valence electrons. The summed E-state index contributed by atoms with van der Waals surface area (Å²) in [5.74, 6) is 3.19. The van der Waals surface area contributed by atoms with Crippen LogP contribution in [0.4, 0.5) is 11.5 Å². The van der Waals surface area contributed by atoms with Crippen LogP contribution in [0, 0.1) is 0 Å². The zero-order valence-corrected chi connectivity index (χ0v) is 17.6. The third kappa shape index (κ3) is 4.27. The summed E-state index contributed by atoms with van der Waals surface area (Å²) in [6.07, 6.45) is 5.89. The Morgan fingerprint density at radius 1 is 1.10 bits per heavy atom. The Morgan fingerprint density at radius 2 is 1.97 bits per heavy atom. The maximum atomic E-state index is 5.78. The van der Waals surface area contributed by atoms with E-state index in [1.165, 1.54) is 0 Å². The Kier molecular flexibility index (Phi) is 5.58. The molecule has 7 nitrogen and oxygen atoms in total. The van der Waals surface area contributed by atoms with Gasteiger partial charge in [0.2, 0.25) is 0 Å². The van der Waals surface area contributed by atoms with Crippen LogP contribution in [-0.2, 0) is 6.54 Å². The Hall–Kier alpha value is -3.32. The van der Waals surface area contributed by atoms with Crippen molar-refractivity contribution < 1.29 is 14.2 Å². The number of nitrogens with one attached hydrogen (secondary N) is 1. The number of methoxy groups -OCH3 is 1. The predicted octanol–water partition coefficient (Wildman–Crippen LogP) is 4.34. The van der Waals surface area contributed by atoms with Gasteiger partial charge in [0.1, 0.15) is 24.8 Å². The highest BCUT2D eigenvalue weighted by Crippen LogP contribution is 2.39. The molecule has 3 aromatic rings. The number of aromatic nitrogens is 2. The molecule has 2 aliphatic rings. The summed E-state index contributed by atoms with van der Waals surface area (Å²) in [6, 6.07) is 14.2. The summed E-state index contributed by atoms with van der Waals surface area (Å²) in [7, 11) is 1.70. The van der Waals surface area contributed by atoms with Crippen molar-refractivity contribution in [2.75, 3.05) is 32.2 Å². The molecule has 31 heavy (non-hydrogen) atoms. The first kappa shape index (κ1) is 19.6. The van der Waals surface area contributed by atoms with Crippen molar-refractivity contribution >= 4 is 11.5 Å². The van der Waals surface area contributed by atoms with E-state index in [1.807, 2.05) is 30.5 Å². The molecule has 7 heteroatoms. The fraction of sp³-hybridized carbons (Fsp3) is 0.333. The number of fused-ring (bicyclic) bond motifs is 1. The number of anilines is 2. The van der Waals surface area contributed by atoms with Crippen molar-refractivity contribution in [2.24, 2.45) is 0 Å². The van der Waals surface area contributed by atoms with E-state index in [9.17, 15) is 0 Å². The smallest absolute Gasteiger partial charge is 0.165 e. The molecule has 4 heterocycles. The first-order valence-corrected chi connectivity index (χ1v) is 10.6. The molecule has 2 aliphatic heterocycles.